The van der Waals surface area contributed by atoms with Crippen molar-refractivity contribution < 1.29 is 9.90 Å². The van der Waals surface area contributed by atoms with E-state index in [1.54, 1.807) is 22.7 Å². The molecule has 0 aromatic carbocycles. The average molecular weight is 232 g/mol. The second kappa shape index (κ2) is 5.14. The van der Waals surface area contributed by atoms with Gasteiger partial charge in [-0.1, -0.05) is 18.5 Å². The van der Waals surface area contributed by atoms with Crippen LogP contribution in [0.25, 0.3) is 0 Å². The molecule has 5 nitrogen and oxygen atoms in total. The molecule has 0 spiro atoms. The van der Waals surface area contributed by atoms with Gasteiger partial charge in [0.15, 0.2) is 0 Å². The van der Waals surface area contributed by atoms with Crippen LogP contribution in [0.3, 0.4) is 0 Å². The highest BCUT2D eigenvalue weighted by molar-refractivity contribution is 6.29. The van der Waals surface area contributed by atoms with Crippen LogP contribution >= 0.6 is 11.6 Å². The number of halogens is 1. The Labute approximate surface area is 93.3 Å². The van der Waals surface area contributed by atoms with E-state index in [9.17, 15) is 4.79 Å². The zero-order chi connectivity index (χ0) is 11.4. The van der Waals surface area contributed by atoms with Gasteiger partial charge >= 0.3 is 5.97 Å². The molecule has 6 heteroatoms. The van der Waals surface area contributed by atoms with E-state index in [2.05, 4.69) is 4.98 Å². The number of likely N-dealkylation sites (N-methyl/N-ethyl adjacent to an activating group) is 1. The fourth-order valence-corrected chi connectivity index (χ4v) is 1.39. The summed E-state index contributed by atoms with van der Waals surface area (Å²) in [5.74, 6) is -0.0692. The topological polar surface area (TPSA) is 58.4 Å². The predicted octanol–water partition coefficient (Wildman–Crippen LogP) is 0.980. The highest BCUT2D eigenvalue weighted by Gasteiger charge is 2.12. The molecule has 0 unspecified atom stereocenters. The van der Waals surface area contributed by atoms with E-state index < -0.39 is 5.97 Å². The molecule has 0 atom stereocenters. The van der Waals surface area contributed by atoms with Crippen molar-refractivity contribution >= 4 is 17.6 Å². The van der Waals surface area contributed by atoms with Gasteiger partial charge in [-0.2, -0.15) is 0 Å². The minimum absolute atomic E-state index is 0.0149. The zero-order valence-electron chi connectivity index (χ0n) is 8.77. The van der Waals surface area contributed by atoms with E-state index in [4.69, 9.17) is 16.7 Å². The Kier molecular flexibility index (Phi) is 4.11. The SMILES string of the molecule is CCN(CC(=O)O)Cc1ncc(Cl)n1C. The molecule has 1 aromatic rings. The minimum atomic E-state index is -0.836. The molecular formula is C9H14ClN3O2. The molecule has 0 aliphatic heterocycles. The second-order valence-corrected chi connectivity index (χ2v) is 3.64. The molecule has 0 bridgehead atoms. The first-order valence-corrected chi connectivity index (χ1v) is 5.02. The summed E-state index contributed by atoms with van der Waals surface area (Å²) >= 11 is 5.83. The lowest BCUT2D eigenvalue weighted by Crippen LogP contribution is -2.30. The van der Waals surface area contributed by atoms with Crippen molar-refractivity contribution in [3.05, 3.63) is 17.2 Å². The van der Waals surface area contributed by atoms with E-state index in [0.29, 0.717) is 18.2 Å². The van der Waals surface area contributed by atoms with Crippen LogP contribution in [0.1, 0.15) is 12.7 Å². The van der Waals surface area contributed by atoms with Gasteiger partial charge in [-0.05, 0) is 6.54 Å². The van der Waals surface area contributed by atoms with Gasteiger partial charge in [0.1, 0.15) is 11.0 Å². The molecule has 1 rings (SSSR count). The van der Waals surface area contributed by atoms with Gasteiger partial charge in [-0.25, -0.2) is 4.98 Å². The van der Waals surface area contributed by atoms with E-state index in [1.807, 2.05) is 6.92 Å². The van der Waals surface area contributed by atoms with Gasteiger partial charge < -0.3 is 9.67 Å². The van der Waals surface area contributed by atoms with E-state index >= 15 is 0 Å². The number of carboxylic acids is 1. The van der Waals surface area contributed by atoms with Crippen LogP contribution in [0, 0.1) is 0 Å². The summed E-state index contributed by atoms with van der Waals surface area (Å²) in [5, 5.41) is 9.22. The van der Waals surface area contributed by atoms with Crippen molar-refractivity contribution in [1.29, 1.82) is 0 Å². The van der Waals surface area contributed by atoms with Crippen LogP contribution in [0.4, 0.5) is 0 Å². The number of carboxylic acid groups (broad SMARTS) is 1. The summed E-state index contributed by atoms with van der Waals surface area (Å²) in [4.78, 5) is 16.4. The maximum absolute atomic E-state index is 10.6. The Morgan fingerprint density at radius 1 is 1.73 bits per heavy atom. The van der Waals surface area contributed by atoms with Crippen molar-refractivity contribution in [1.82, 2.24) is 14.5 Å². The number of hydrogen-bond donors (Lipinski definition) is 1. The van der Waals surface area contributed by atoms with Crippen LogP contribution in [-0.2, 0) is 18.4 Å². The second-order valence-electron chi connectivity index (χ2n) is 3.25. The van der Waals surface area contributed by atoms with Crippen LogP contribution < -0.4 is 0 Å². The summed E-state index contributed by atoms with van der Waals surface area (Å²) < 4.78 is 1.74. The monoisotopic (exact) mass is 231 g/mol. The van der Waals surface area contributed by atoms with Gasteiger partial charge in [0.2, 0.25) is 0 Å². The van der Waals surface area contributed by atoms with Crippen LogP contribution in [0.15, 0.2) is 6.20 Å². The smallest absolute Gasteiger partial charge is 0.317 e. The standard InChI is InChI=1S/C9H14ClN3O2/c1-3-13(6-9(14)15)5-8-11-4-7(10)12(8)2/h4H,3,5-6H2,1-2H3,(H,14,15). The highest BCUT2D eigenvalue weighted by Crippen LogP contribution is 2.10. The number of nitrogens with zero attached hydrogens (tertiary/aromatic N) is 3. The molecule has 1 heterocycles. The molecule has 0 fully saturated rings. The molecule has 0 saturated carbocycles. The van der Waals surface area contributed by atoms with Gasteiger partial charge in [-0.15, -0.1) is 0 Å². The first-order chi connectivity index (χ1) is 7.04. The Morgan fingerprint density at radius 3 is 2.80 bits per heavy atom. The number of imidazole rings is 1. The number of aliphatic carboxylic acids is 1. The first kappa shape index (κ1) is 12.0. The normalized spacial score (nSPS) is 10.9. The van der Waals surface area contributed by atoms with Crippen molar-refractivity contribution in [3.8, 4) is 0 Å². The quantitative estimate of drug-likeness (QED) is 0.821. The van der Waals surface area contributed by atoms with Gasteiger partial charge in [0.05, 0.1) is 19.3 Å². The molecule has 15 heavy (non-hydrogen) atoms. The number of hydrogen-bond acceptors (Lipinski definition) is 3. The van der Waals surface area contributed by atoms with Crippen LogP contribution in [0.2, 0.25) is 5.15 Å². The van der Waals surface area contributed by atoms with E-state index in [1.165, 1.54) is 0 Å². The summed E-state index contributed by atoms with van der Waals surface area (Å²) in [6.45, 7) is 3.08. The fraction of sp³-hybridized carbons (Fsp3) is 0.556. The maximum atomic E-state index is 10.6. The predicted molar refractivity (Wildman–Crippen MR) is 56.8 cm³/mol. The summed E-state index contributed by atoms with van der Waals surface area (Å²) in [6.07, 6.45) is 1.56. The molecule has 0 saturated heterocycles. The lowest BCUT2D eigenvalue weighted by atomic mass is 10.4. The van der Waals surface area contributed by atoms with Crippen molar-refractivity contribution in [2.75, 3.05) is 13.1 Å². The Balaban J connectivity index is 2.66. The number of carbonyl (C=O) groups is 1. The Bertz CT molecular complexity index is 351. The lowest BCUT2D eigenvalue weighted by molar-refractivity contribution is -0.138. The molecule has 0 amide bonds. The summed E-state index contributed by atoms with van der Waals surface area (Å²) in [5.41, 5.74) is 0. The minimum Gasteiger partial charge on any atom is -0.480 e. The fourth-order valence-electron chi connectivity index (χ4n) is 1.24. The largest absolute Gasteiger partial charge is 0.480 e. The molecule has 0 aliphatic rings. The summed E-state index contributed by atoms with van der Waals surface area (Å²) in [6, 6.07) is 0. The molecule has 1 aromatic heterocycles. The number of rotatable bonds is 5. The Hall–Kier alpha value is -1.07. The van der Waals surface area contributed by atoms with Crippen LogP contribution in [-0.4, -0.2) is 38.6 Å². The zero-order valence-corrected chi connectivity index (χ0v) is 9.53. The Morgan fingerprint density at radius 2 is 2.40 bits per heavy atom. The third-order valence-electron chi connectivity index (χ3n) is 2.20. The molecule has 0 aliphatic carbocycles. The first-order valence-electron chi connectivity index (χ1n) is 4.64. The van der Waals surface area contributed by atoms with Crippen LogP contribution in [0.5, 0.6) is 0 Å². The highest BCUT2D eigenvalue weighted by atomic mass is 35.5. The van der Waals surface area contributed by atoms with Gasteiger partial charge in [0, 0.05) is 7.05 Å². The molecular weight excluding hydrogens is 218 g/mol. The molecule has 0 radical (unpaired) electrons. The van der Waals surface area contributed by atoms with Crippen molar-refractivity contribution in [2.24, 2.45) is 7.05 Å². The molecule has 1 N–H and O–H groups in total. The van der Waals surface area contributed by atoms with Gasteiger partial charge in [-0.3, -0.25) is 9.69 Å². The van der Waals surface area contributed by atoms with E-state index in [-0.39, 0.29) is 6.54 Å². The summed E-state index contributed by atoms with van der Waals surface area (Å²) in [7, 11) is 1.80. The van der Waals surface area contributed by atoms with Crippen molar-refractivity contribution in [3.63, 3.8) is 0 Å². The lowest BCUT2D eigenvalue weighted by Gasteiger charge is -2.17. The van der Waals surface area contributed by atoms with Crippen molar-refractivity contribution in [2.45, 2.75) is 13.5 Å². The van der Waals surface area contributed by atoms with E-state index in [0.717, 1.165) is 5.82 Å². The maximum Gasteiger partial charge on any atom is 0.317 e. The average Bonchev–Trinajstić information content (AvgIpc) is 2.48. The van der Waals surface area contributed by atoms with Gasteiger partial charge in [0.25, 0.3) is 0 Å². The number of aromatic nitrogens is 2. The third kappa shape index (κ3) is 3.21. The third-order valence-corrected chi connectivity index (χ3v) is 2.55. The molecule has 84 valence electrons.